The fourth-order valence-electron chi connectivity index (χ4n) is 2.95. The molecule has 1 aromatic carbocycles. The Morgan fingerprint density at radius 3 is 2.72 bits per heavy atom. The number of rotatable bonds is 8. The SMILES string of the molecule is CCOc1cc(CNC(=O)C[C@@H]2CCC[C@H]2N)ccc1OC(F)F.Cl. The van der Waals surface area contributed by atoms with Crippen molar-refractivity contribution in [3.05, 3.63) is 23.8 Å². The molecule has 0 spiro atoms. The molecule has 3 N–H and O–H groups in total. The van der Waals surface area contributed by atoms with Gasteiger partial charge in [-0.15, -0.1) is 12.4 Å². The maximum Gasteiger partial charge on any atom is 0.387 e. The molecular weight excluding hydrogens is 354 g/mol. The Balaban J connectivity index is 0.00000312. The molecule has 1 amide bonds. The first kappa shape index (κ1) is 21.4. The number of nitrogens with two attached hydrogens (primary N) is 1. The van der Waals surface area contributed by atoms with Crippen molar-refractivity contribution in [3.8, 4) is 11.5 Å². The van der Waals surface area contributed by atoms with Crippen molar-refractivity contribution in [1.82, 2.24) is 5.32 Å². The highest BCUT2D eigenvalue weighted by Gasteiger charge is 2.25. The number of benzene rings is 1. The maximum absolute atomic E-state index is 12.4. The van der Waals surface area contributed by atoms with Gasteiger partial charge in [-0.2, -0.15) is 8.78 Å². The molecule has 0 radical (unpaired) electrons. The highest BCUT2D eigenvalue weighted by atomic mass is 35.5. The molecule has 1 aliphatic rings. The summed E-state index contributed by atoms with van der Waals surface area (Å²) in [5.74, 6) is 0.412. The number of nitrogens with one attached hydrogen (secondary N) is 1. The number of ether oxygens (including phenoxy) is 2. The van der Waals surface area contributed by atoms with Gasteiger partial charge in [0.2, 0.25) is 5.91 Å². The van der Waals surface area contributed by atoms with Crippen LogP contribution in [0.2, 0.25) is 0 Å². The van der Waals surface area contributed by atoms with Crippen LogP contribution in [0.15, 0.2) is 18.2 Å². The zero-order chi connectivity index (χ0) is 17.5. The molecule has 0 aromatic heterocycles. The minimum atomic E-state index is -2.91. The van der Waals surface area contributed by atoms with Crippen molar-refractivity contribution < 1.29 is 23.0 Å². The van der Waals surface area contributed by atoms with Gasteiger partial charge in [0.25, 0.3) is 0 Å². The quantitative estimate of drug-likeness (QED) is 0.728. The number of alkyl halides is 2. The van der Waals surface area contributed by atoms with Gasteiger partial charge in [0, 0.05) is 19.0 Å². The zero-order valence-electron chi connectivity index (χ0n) is 14.2. The van der Waals surface area contributed by atoms with E-state index in [4.69, 9.17) is 10.5 Å². The molecule has 25 heavy (non-hydrogen) atoms. The van der Waals surface area contributed by atoms with Crippen LogP contribution in [0.4, 0.5) is 8.78 Å². The Morgan fingerprint density at radius 1 is 1.36 bits per heavy atom. The first-order valence-electron chi connectivity index (χ1n) is 8.22. The first-order valence-corrected chi connectivity index (χ1v) is 8.22. The van der Waals surface area contributed by atoms with E-state index in [0.29, 0.717) is 19.6 Å². The second kappa shape index (κ2) is 10.4. The Bertz CT molecular complexity index is 561. The van der Waals surface area contributed by atoms with E-state index in [9.17, 15) is 13.6 Å². The molecule has 0 unspecified atom stereocenters. The average Bonchev–Trinajstić information content (AvgIpc) is 2.92. The molecule has 0 bridgehead atoms. The summed E-state index contributed by atoms with van der Waals surface area (Å²) >= 11 is 0. The van der Waals surface area contributed by atoms with Crippen LogP contribution in [0.3, 0.4) is 0 Å². The first-order chi connectivity index (χ1) is 11.5. The number of hydrogen-bond acceptors (Lipinski definition) is 4. The van der Waals surface area contributed by atoms with E-state index in [1.54, 1.807) is 19.1 Å². The van der Waals surface area contributed by atoms with Crippen LogP contribution < -0.4 is 20.5 Å². The van der Waals surface area contributed by atoms with Gasteiger partial charge in [0.15, 0.2) is 11.5 Å². The molecule has 142 valence electrons. The summed E-state index contributed by atoms with van der Waals surface area (Å²) in [6.07, 6.45) is 3.46. The fourth-order valence-corrected chi connectivity index (χ4v) is 2.95. The molecule has 1 saturated carbocycles. The van der Waals surface area contributed by atoms with Gasteiger partial charge >= 0.3 is 6.61 Å². The van der Waals surface area contributed by atoms with E-state index in [-0.39, 0.29) is 41.8 Å². The van der Waals surface area contributed by atoms with Gasteiger partial charge in [-0.25, -0.2) is 0 Å². The van der Waals surface area contributed by atoms with Gasteiger partial charge in [-0.1, -0.05) is 12.5 Å². The van der Waals surface area contributed by atoms with Crippen molar-refractivity contribution in [2.75, 3.05) is 6.61 Å². The molecule has 0 saturated heterocycles. The average molecular weight is 379 g/mol. The lowest BCUT2D eigenvalue weighted by Gasteiger charge is -2.15. The molecule has 2 rings (SSSR count). The summed E-state index contributed by atoms with van der Waals surface area (Å²) in [4.78, 5) is 12.0. The molecule has 2 atom stereocenters. The lowest BCUT2D eigenvalue weighted by molar-refractivity contribution is -0.122. The van der Waals surface area contributed by atoms with Gasteiger partial charge in [-0.3, -0.25) is 4.79 Å². The molecule has 8 heteroatoms. The van der Waals surface area contributed by atoms with Crippen molar-refractivity contribution in [3.63, 3.8) is 0 Å². The Labute approximate surface area is 152 Å². The summed E-state index contributed by atoms with van der Waals surface area (Å²) in [7, 11) is 0. The predicted octanol–water partition coefficient (Wildman–Crippen LogP) is 3.24. The van der Waals surface area contributed by atoms with Crippen molar-refractivity contribution in [2.24, 2.45) is 11.7 Å². The van der Waals surface area contributed by atoms with Crippen LogP contribution in [0.25, 0.3) is 0 Å². The van der Waals surface area contributed by atoms with Crippen molar-refractivity contribution in [1.29, 1.82) is 0 Å². The molecule has 0 heterocycles. The van der Waals surface area contributed by atoms with Gasteiger partial charge < -0.3 is 20.5 Å². The van der Waals surface area contributed by atoms with E-state index in [0.717, 1.165) is 24.8 Å². The number of carbonyl (C=O) groups is 1. The highest BCUT2D eigenvalue weighted by molar-refractivity contribution is 5.85. The molecule has 1 aromatic rings. The fraction of sp³-hybridized carbons (Fsp3) is 0.588. The number of hydrogen-bond donors (Lipinski definition) is 2. The maximum atomic E-state index is 12.4. The lowest BCUT2D eigenvalue weighted by atomic mass is 10.00. The number of halogens is 3. The summed E-state index contributed by atoms with van der Waals surface area (Å²) in [5, 5.41) is 2.84. The van der Waals surface area contributed by atoms with E-state index < -0.39 is 6.61 Å². The lowest BCUT2D eigenvalue weighted by Crippen LogP contribution is -2.31. The van der Waals surface area contributed by atoms with E-state index in [2.05, 4.69) is 10.1 Å². The van der Waals surface area contributed by atoms with Crippen LogP contribution in [0.1, 0.15) is 38.2 Å². The third-order valence-corrected chi connectivity index (χ3v) is 4.18. The normalized spacial score (nSPS) is 19.4. The van der Waals surface area contributed by atoms with Gasteiger partial charge in [0.05, 0.1) is 6.61 Å². The third-order valence-electron chi connectivity index (χ3n) is 4.18. The summed E-state index contributed by atoms with van der Waals surface area (Å²) in [5.41, 5.74) is 6.73. The molecule has 5 nitrogen and oxygen atoms in total. The minimum Gasteiger partial charge on any atom is -0.490 e. The van der Waals surface area contributed by atoms with Crippen LogP contribution in [0, 0.1) is 5.92 Å². The largest absolute Gasteiger partial charge is 0.490 e. The molecule has 1 fully saturated rings. The third kappa shape index (κ3) is 6.66. The second-order valence-electron chi connectivity index (χ2n) is 5.93. The van der Waals surface area contributed by atoms with Crippen LogP contribution >= 0.6 is 12.4 Å². The van der Waals surface area contributed by atoms with Crippen molar-refractivity contribution in [2.45, 2.75) is 51.8 Å². The standard InChI is InChI=1S/C17H24F2N2O3.ClH/c1-2-23-15-8-11(6-7-14(15)24-17(18)19)10-21-16(22)9-12-4-3-5-13(12)20;/h6-8,12-13,17H,2-5,9-10,20H2,1H3,(H,21,22);1H/t12-,13+;/m0./s1. The summed E-state index contributed by atoms with van der Waals surface area (Å²) in [6.45, 7) is -0.527. The van der Waals surface area contributed by atoms with Crippen LogP contribution in [-0.2, 0) is 11.3 Å². The highest BCUT2D eigenvalue weighted by Crippen LogP contribution is 2.30. The summed E-state index contributed by atoms with van der Waals surface area (Å²) in [6, 6.07) is 4.75. The van der Waals surface area contributed by atoms with Crippen LogP contribution in [0.5, 0.6) is 11.5 Å². The monoisotopic (exact) mass is 378 g/mol. The summed E-state index contributed by atoms with van der Waals surface area (Å²) < 4.78 is 34.5. The molecule has 0 aliphatic heterocycles. The Hall–Kier alpha value is -1.60. The Morgan fingerprint density at radius 2 is 2.12 bits per heavy atom. The topological polar surface area (TPSA) is 73.6 Å². The van der Waals surface area contributed by atoms with Gasteiger partial charge in [0.1, 0.15) is 0 Å². The van der Waals surface area contributed by atoms with E-state index in [1.807, 2.05) is 0 Å². The smallest absolute Gasteiger partial charge is 0.387 e. The number of amides is 1. The Kier molecular flexibility index (Phi) is 8.92. The molecule has 1 aliphatic carbocycles. The van der Waals surface area contributed by atoms with Crippen LogP contribution in [-0.4, -0.2) is 25.2 Å². The van der Waals surface area contributed by atoms with E-state index >= 15 is 0 Å². The minimum absolute atomic E-state index is 0. The zero-order valence-corrected chi connectivity index (χ0v) is 15.0. The van der Waals surface area contributed by atoms with E-state index in [1.165, 1.54) is 6.07 Å². The molecular formula is C17H25ClF2N2O3. The van der Waals surface area contributed by atoms with Gasteiger partial charge in [-0.05, 0) is 43.4 Å². The number of carbonyl (C=O) groups excluding carboxylic acids is 1. The second-order valence-corrected chi connectivity index (χ2v) is 5.93. The van der Waals surface area contributed by atoms with Crippen molar-refractivity contribution >= 4 is 18.3 Å². The predicted molar refractivity (Wildman–Crippen MR) is 93.3 cm³/mol.